The summed E-state index contributed by atoms with van der Waals surface area (Å²) in [5, 5.41) is 6.29. The van der Waals surface area contributed by atoms with Gasteiger partial charge in [0.15, 0.2) is 5.82 Å². The zero-order chi connectivity index (χ0) is 44.8. The van der Waals surface area contributed by atoms with Crippen molar-refractivity contribution >= 4 is 55.3 Å². The number of anilines is 1. The fourth-order valence-corrected chi connectivity index (χ4v) is 7.73. The monoisotopic (exact) mass is 892 g/mol. The normalized spacial score (nSPS) is 12.9. The number of hydrogen-bond acceptors (Lipinski definition) is 8. The van der Waals surface area contributed by atoms with Gasteiger partial charge in [-0.2, -0.15) is 5.10 Å². The van der Waals surface area contributed by atoms with E-state index in [1.165, 1.54) is 19.2 Å². The van der Waals surface area contributed by atoms with Crippen LogP contribution in [0.15, 0.2) is 77.6 Å². The van der Waals surface area contributed by atoms with E-state index in [0.29, 0.717) is 24.3 Å². The van der Waals surface area contributed by atoms with Crippen molar-refractivity contribution in [1.29, 1.82) is 0 Å². The molecule has 1 amide bonds. The number of methoxy groups -OCH3 is 1. The van der Waals surface area contributed by atoms with Gasteiger partial charge in [0.1, 0.15) is 35.4 Å². The molecule has 0 fully saturated rings. The summed E-state index contributed by atoms with van der Waals surface area (Å²) >= 11 is 6.78. The first-order chi connectivity index (χ1) is 28.4. The number of nitrogens with one attached hydrogen (secondary N) is 1. The Morgan fingerprint density at radius 2 is 1.61 bits per heavy atom. The quantitative estimate of drug-likeness (QED) is 0.114. The lowest BCUT2D eigenvalue weighted by Gasteiger charge is -2.26. The number of carbonyl (C=O) groups is 1. The van der Waals surface area contributed by atoms with Crippen molar-refractivity contribution < 1.29 is 49.0 Å². The first-order valence-corrected chi connectivity index (χ1v) is 20.6. The second-order valence-corrected chi connectivity index (χ2v) is 17.5. The van der Waals surface area contributed by atoms with E-state index in [0.717, 1.165) is 50.1 Å². The van der Waals surface area contributed by atoms with E-state index in [2.05, 4.69) is 15.4 Å². The van der Waals surface area contributed by atoms with Crippen LogP contribution in [0.4, 0.5) is 37.0 Å². The fourth-order valence-electron chi connectivity index (χ4n) is 6.67. The maximum Gasteiger partial charge on any atom is 0.408 e. The number of carbonyl (C=O) groups excluding carboxylic acids is 1. The SMILES string of the molecule is COc1ccc(CN(c2nn(CC(F)F)c3c(-n4c([C@H](Cc5cc(F)cc(F)c5)NC(=O)OC(C)(C)C)nc5cc(C(C)(F)F)ccc5c4=O)ccc(Cl)c23)S(C)(=O)=O)cc1. The molecule has 12 nitrogen and oxygen atoms in total. The Hall–Kier alpha value is -5.82. The van der Waals surface area contributed by atoms with Gasteiger partial charge in [-0.1, -0.05) is 29.8 Å². The molecule has 20 heteroatoms. The van der Waals surface area contributed by atoms with Crippen molar-refractivity contribution in [2.75, 3.05) is 17.7 Å². The lowest BCUT2D eigenvalue weighted by atomic mass is 10.0. The summed E-state index contributed by atoms with van der Waals surface area (Å²) in [7, 11) is -2.82. The van der Waals surface area contributed by atoms with Gasteiger partial charge in [0, 0.05) is 25.0 Å². The van der Waals surface area contributed by atoms with E-state index in [-0.39, 0.29) is 44.6 Å². The summed E-state index contributed by atoms with van der Waals surface area (Å²) in [5.74, 6) is -5.73. The Bertz CT molecular complexity index is 2790. The summed E-state index contributed by atoms with van der Waals surface area (Å²) in [6.07, 6.45) is -3.80. The topological polar surface area (TPSA) is 138 Å². The molecule has 6 rings (SSSR count). The number of aromatic nitrogens is 4. The minimum atomic E-state index is -4.26. The molecular weight excluding hydrogens is 854 g/mol. The lowest BCUT2D eigenvalue weighted by Crippen LogP contribution is -2.39. The average molecular weight is 893 g/mol. The molecular formula is C41H39ClF6N6O6S. The van der Waals surface area contributed by atoms with Crippen LogP contribution in [-0.4, -0.2) is 59.2 Å². The van der Waals surface area contributed by atoms with Gasteiger partial charge in [-0.15, -0.1) is 0 Å². The van der Waals surface area contributed by atoms with Crippen molar-refractivity contribution in [1.82, 2.24) is 24.6 Å². The van der Waals surface area contributed by atoms with Crippen molar-refractivity contribution in [3.8, 4) is 11.4 Å². The molecule has 0 unspecified atom stereocenters. The van der Waals surface area contributed by atoms with Crippen LogP contribution in [0.3, 0.4) is 0 Å². The predicted molar refractivity (Wildman–Crippen MR) is 217 cm³/mol. The number of sulfonamides is 1. The standard InChI is InChI=1S/C41H39ClF6N6O6S/c1-40(2,3)60-39(56)50-31(17-23-15-25(43)19-26(44)16-23)36-49-30-18-24(41(4,47)48)9-12-28(30)38(55)54(36)32-14-13-29(42)34-35(32)52(21-33(45)46)51-37(34)53(61(6,57)58)20-22-7-10-27(59-5)11-8-22/h7-16,18-19,31,33H,17,20-21H2,1-6H3,(H,50,56)/t31-/m0/s1. The minimum Gasteiger partial charge on any atom is -0.497 e. The number of halogens is 7. The zero-order valence-corrected chi connectivity index (χ0v) is 35.0. The van der Waals surface area contributed by atoms with Crippen LogP contribution >= 0.6 is 11.6 Å². The summed E-state index contributed by atoms with van der Waals surface area (Å²) in [6.45, 7) is 3.79. The van der Waals surface area contributed by atoms with Crippen molar-refractivity contribution in [3.63, 3.8) is 0 Å². The van der Waals surface area contributed by atoms with Gasteiger partial charge in [0.2, 0.25) is 10.0 Å². The first kappa shape index (κ1) is 44.7. The summed E-state index contributed by atoms with van der Waals surface area (Å²) in [6, 6.07) is 12.8. The van der Waals surface area contributed by atoms with Gasteiger partial charge in [-0.05, 0) is 80.4 Å². The van der Waals surface area contributed by atoms with E-state index >= 15 is 0 Å². The highest BCUT2D eigenvalue weighted by molar-refractivity contribution is 7.92. The van der Waals surface area contributed by atoms with Crippen molar-refractivity contribution in [2.24, 2.45) is 0 Å². The van der Waals surface area contributed by atoms with Crippen LogP contribution < -0.4 is 19.9 Å². The molecule has 6 aromatic rings. The molecule has 0 saturated heterocycles. The Morgan fingerprint density at radius 1 is 0.951 bits per heavy atom. The third-order valence-corrected chi connectivity index (χ3v) is 10.7. The Kier molecular flexibility index (Phi) is 12.4. The summed E-state index contributed by atoms with van der Waals surface area (Å²) in [5.41, 5.74) is -3.05. The lowest BCUT2D eigenvalue weighted by molar-refractivity contribution is 0.0175. The molecule has 4 aromatic carbocycles. The summed E-state index contributed by atoms with van der Waals surface area (Å²) in [4.78, 5) is 32.9. The molecule has 324 valence electrons. The third-order valence-electron chi connectivity index (χ3n) is 9.24. The third kappa shape index (κ3) is 10.0. The second kappa shape index (κ2) is 16.9. The number of amides is 1. The number of ether oxygens (including phenoxy) is 2. The van der Waals surface area contributed by atoms with Crippen LogP contribution in [0.25, 0.3) is 27.5 Å². The molecule has 61 heavy (non-hydrogen) atoms. The molecule has 1 N–H and O–H groups in total. The van der Waals surface area contributed by atoms with E-state index in [9.17, 15) is 44.3 Å². The molecule has 0 spiro atoms. The number of fused-ring (bicyclic) bond motifs is 2. The number of hydrogen-bond donors (Lipinski definition) is 1. The number of benzene rings is 4. The number of rotatable bonds is 13. The molecule has 0 aliphatic carbocycles. The highest BCUT2D eigenvalue weighted by Crippen LogP contribution is 2.39. The fraction of sp³-hybridized carbons (Fsp3) is 0.317. The van der Waals surface area contributed by atoms with Gasteiger partial charge in [-0.3, -0.25) is 14.0 Å². The van der Waals surface area contributed by atoms with E-state index < -0.39 is 87.5 Å². The van der Waals surface area contributed by atoms with Gasteiger partial charge in [0.05, 0.1) is 58.5 Å². The molecule has 2 heterocycles. The highest BCUT2D eigenvalue weighted by Gasteiger charge is 2.33. The maximum absolute atomic E-state index is 14.9. The van der Waals surface area contributed by atoms with Gasteiger partial charge >= 0.3 is 6.09 Å². The first-order valence-electron chi connectivity index (χ1n) is 18.4. The van der Waals surface area contributed by atoms with Crippen LogP contribution in [0.2, 0.25) is 5.02 Å². The Balaban J connectivity index is 1.71. The molecule has 0 aliphatic rings. The van der Waals surface area contributed by atoms with Crippen LogP contribution in [-0.2, 0) is 40.2 Å². The smallest absolute Gasteiger partial charge is 0.408 e. The van der Waals surface area contributed by atoms with E-state index in [1.54, 1.807) is 45.0 Å². The molecule has 0 radical (unpaired) electrons. The Labute approximate surface area is 350 Å². The molecule has 2 aromatic heterocycles. The van der Waals surface area contributed by atoms with E-state index in [1.807, 2.05) is 0 Å². The minimum absolute atomic E-state index is 0.0538. The summed E-state index contributed by atoms with van der Waals surface area (Å²) < 4.78 is 128. The predicted octanol–water partition coefficient (Wildman–Crippen LogP) is 8.83. The van der Waals surface area contributed by atoms with Gasteiger partial charge in [0.25, 0.3) is 17.9 Å². The Morgan fingerprint density at radius 3 is 2.18 bits per heavy atom. The highest BCUT2D eigenvalue weighted by atomic mass is 35.5. The zero-order valence-electron chi connectivity index (χ0n) is 33.4. The van der Waals surface area contributed by atoms with Crippen molar-refractivity contribution in [2.45, 2.75) is 71.2 Å². The molecule has 0 aliphatic heterocycles. The van der Waals surface area contributed by atoms with Crippen molar-refractivity contribution in [3.05, 3.63) is 122 Å². The van der Waals surface area contributed by atoms with Gasteiger partial charge < -0.3 is 14.8 Å². The average Bonchev–Trinajstić information content (AvgIpc) is 3.50. The van der Waals surface area contributed by atoms with E-state index in [4.69, 9.17) is 21.1 Å². The maximum atomic E-state index is 14.9. The van der Waals surface area contributed by atoms with Crippen LogP contribution in [0.1, 0.15) is 56.3 Å². The number of alkyl halides is 4. The molecule has 0 bridgehead atoms. The number of nitrogens with zero attached hydrogens (tertiary/aromatic N) is 5. The number of alkyl carbamates (subject to hydrolysis) is 1. The van der Waals surface area contributed by atoms with Crippen LogP contribution in [0.5, 0.6) is 5.75 Å². The molecule has 0 saturated carbocycles. The second-order valence-electron chi connectivity index (χ2n) is 15.2. The van der Waals surface area contributed by atoms with Gasteiger partial charge in [-0.25, -0.2) is 48.8 Å². The molecule has 1 atom stereocenters. The largest absolute Gasteiger partial charge is 0.497 e. The van der Waals surface area contributed by atoms with Crippen LogP contribution in [0, 0.1) is 11.6 Å².